The van der Waals surface area contributed by atoms with E-state index in [4.69, 9.17) is 23.2 Å². The molecule has 2 aliphatic rings. The van der Waals surface area contributed by atoms with Crippen molar-refractivity contribution in [3.8, 4) is 0 Å². The summed E-state index contributed by atoms with van der Waals surface area (Å²) in [5.41, 5.74) is 1.40. The van der Waals surface area contributed by atoms with E-state index in [-0.39, 0.29) is 11.8 Å². The predicted molar refractivity (Wildman–Crippen MR) is 95.7 cm³/mol. The number of carbonyl (C=O) groups excluding carboxylic acids is 2. The molecule has 0 N–H and O–H groups in total. The molecule has 1 fully saturated rings. The second-order valence-electron chi connectivity index (χ2n) is 6.87. The highest BCUT2D eigenvalue weighted by Gasteiger charge is 2.41. The molecular weight excluding hydrogens is 347 g/mol. The molecule has 1 aromatic carbocycles. The summed E-state index contributed by atoms with van der Waals surface area (Å²) in [5.74, 6) is 0.362. The Bertz CT molecular complexity index is 735. The Morgan fingerprint density at radius 2 is 1.67 bits per heavy atom. The van der Waals surface area contributed by atoms with Gasteiger partial charge in [0.25, 0.3) is 11.8 Å². The number of amides is 2. The normalized spacial score (nSPS) is 25.0. The summed E-state index contributed by atoms with van der Waals surface area (Å²) in [6, 6.07) is 4.99. The zero-order chi connectivity index (χ0) is 17.6. The van der Waals surface area contributed by atoms with Crippen LogP contribution in [0, 0.1) is 11.8 Å². The van der Waals surface area contributed by atoms with E-state index in [0.717, 1.165) is 19.5 Å². The summed E-state index contributed by atoms with van der Waals surface area (Å²) >= 11 is 12.3. The summed E-state index contributed by atoms with van der Waals surface area (Å²) in [5, 5.41) is 0.876. The average molecular weight is 367 g/mol. The predicted octanol–water partition coefficient (Wildman–Crippen LogP) is 3.68. The third kappa shape index (κ3) is 2.93. The van der Waals surface area contributed by atoms with Crippen LogP contribution in [0.4, 0.5) is 0 Å². The number of halogens is 2. The smallest absolute Gasteiger partial charge is 0.277 e. The molecule has 6 heteroatoms. The van der Waals surface area contributed by atoms with Crippen LogP contribution in [-0.2, 0) is 9.59 Å². The standard InChI is InChI=1S/C18H20Cl2N2O2/c1-10-6-11(2)9-22(8-10)16-15(17(23)21(3)18(16)24)13-5-4-12(19)7-14(13)20/h4-5,7,10-11H,6,8-9H2,1-3H3. The van der Waals surface area contributed by atoms with E-state index in [1.807, 2.05) is 4.90 Å². The molecule has 128 valence electrons. The molecule has 0 radical (unpaired) electrons. The first-order valence-electron chi connectivity index (χ1n) is 8.06. The van der Waals surface area contributed by atoms with Crippen molar-refractivity contribution in [3.05, 3.63) is 39.5 Å². The van der Waals surface area contributed by atoms with Crippen LogP contribution in [0.5, 0.6) is 0 Å². The van der Waals surface area contributed by atoms with Gasteiger partial charge in [0.2, 0.25) is 0 Å². The minimum absolute atomic E-state index is 0.262. The minimum atomic E-state index is -0.315. The van der Waals surface area contributed by atoms with Crippen molar-refractivity contribution in [2.24, 2.45) is 11.8 Å². The molecule has 2 unspecified atom stereocenters. The monoisotopic (exact) mass is 366 g/mol. The third-order valence-electron chi connectivity index (χ3n) is 4.65. The van der Waals surface area contributed by atoms with Crippen molar-refractivity contribution in [2.45, 2.75) is 20.3 Å². The first kappa shape index (κ1) is 17.3. The Kier molecular flexibility index (Phi) is 4.63. The zero-order valence-electron chi connectivity index (χ0n) is 14.0. The summed E-state index contributed by atoms with van der Waals surface area (Å²) in [6.07, 6.45) is 1.12. The summed E-state index contributed by atoms with van der Waals surface area (Å²) < 4.78 is 0. The van der Waals surface area contributed by atoms with Gasteiger partial charge in [0.1, 0.15) is 5.70 Å². The van der Waals surface area contributed by atoms with E-state index in [1.165, 1.54) is 11.9 Å². The van der Waals surface area contributed by atoms with Gasteiger partial charge >= 0.3 is 0 Å². The van der Waals surface area contributed by atoms with Crippen molar-refractivity contribution in [3.63, 3.8) is 0 Å². The van der Waals surface area contributed by atoms with Crippen molar-refractivity contribution in [1.82, 2.24) is 9.80 Å². The maximum atomic E-state index is 12.7. The van der Waals surface area contributed by atoms with Crippen LogP contribution in [-0.4, -0.2) is 41.8 Å². The Labute approximate surface area is 152 Å². The number of rotatable bonds is 2. The van der Waals surface area contributed by atoms with E-state index in [9.17, 15) is 9.59 Å². The Hall–Kier alpha value is -1.52. The molecule has 0 bridgehead atoms. The fourth-order valence-electron chi connectivity index (χ4n) is 3.70. The Balaban J connectivity index is 2.14. The molecule has 2 atom stereocenters. The third-order valence-corrected chi connectivity index (χ3v) is 5.20. The molecule has 2 aliphatic heterocycles. The molecule has 0 spiro atoms. The van der Waals surface area contributed by atoms with Gasteiger partial charge in [-0.25, -0.2) is 0 Å². The lowest BCUT2D eigenvalue weighted by atomic mass is 9.91. The Morgan fingerprint density at radius 1 is 1.04 bits per heavy atom. The van der Waals surface area contributed by atoms with Gasteiger partial charge < -0.3 is 4.90 Å². The van der Waals surface area contributed by atoms with Crippen molar-refractivity contribution in [1.29, 1.82) is 0 Å². The van der Waals surface area contributed by atoms with E-state index in [0.29, 0.717) is 38.7 Å². The number of nitrogens with zero attached hydrogens (tertiary/aromatic N) is 2. The zero-order valence-corrected chi connectivity index (χ0v) is 15.5. The maximum Gasteiger partial charge on any atom is 0.277 e. The largest absolute Gasteiger partial charge is 0.366 e. The fraction of sp³-hybridized carbons (Fsp3) is 0.444. The van der Waals surface area contributed by atoms with Gasteiger partial charge in [-0.2, -0.15) is 0 Å². The van der Waals surface area contributed by atoms with Gasteiger partial charge in [0.15, 0.2) is 0 Å². The number of likely N-dealkylation sites (tertiary alicyclic amines) is 1. The van der Waals surface area contributed by atoms with Crippen LogP contribution < -0.4 is 0 Å². The number of hydrogen-bond donors (Lipinski definition) is 0. The second kappa shape index (κ2) is 6.41. The molecule has 0 aliphatic carbocycles. The molecule has 1 saturated heterocycles. The van der Waals surface area contributed by atoms with Crippen LogP contribution in [0.15, 0.2) is 23.9 Å². The van der Waals surface area contributed by atoms with Crippen LogP contribution in [0.25, 0.3) is 5.57 Å². The lowest BCUT2D eigenvalue weighted by Crippen LogP contribution is -2.41. The van der Waals surface area contributed by atoms with Gasteiger partial charge in [-0.3, -0.25) is 14.5 Å². The first-order chi connectivity index (χ1) is 11.3. The van der Waals surface area contributed by atoms with Crippen LogP contribution in [0.1, 0.15) is 25.8 Å². The number of likely N-dealkylation sites (N-methyl/N-ethyl adjacent to an activating group) is 1. The van der Waals surface area contributed by atoms with Crippen LogP contribution >= 0.6 is 23.2 Å². The quantitative estimate of drug-likeness (QED) is 0.749. The highest BCUT2D eigenvalue weighted by atomic mass is 35.5. The van der Waals surface area contributed by atoms with Gasteiger partial charge in [0.05, 0.1) is 10.6 Å². The second-order valence-corrected chi connectivity index (χ2v) is 7.71. The van der Waals surface area contributed by atoms with Gasteiger partial charge in [-0.1, -0.05) is 43.1 Å². The van der Waals surface area contributed by atoms with Crippen LogP contribution in [0.3, 0.4) is 0 Å². The van der Waals surface area contributed by atoms with Gasteiger partial charge in [-0.15, -0.1) is 0 Å². The highest BCUT2D eigenvalue weighted by Crippen LogP contribution is 2.37. The van der Waals surface area contributed by atoms with Crippen molar-refractivity contribution in [2.75, 3.05) is 20.1 Å². The fourth-order valence-corrected chi connectivity index (χ4v) is 4.20. The molecule has 24 heavy (non-hydrogen) atoms. The number of carbonyl (C=O) groups is 2. The van der Waals surface area contributed by atoms with Crippen molar-refractivity contribution < 1.29 is 9.59 Å². The number of piperidine rings is 1. The molecule has 1 aromatic rings. The maximum absolute atomic E-state index is 12.7. The Morgan fingerprint density at radius 3 is 2.25 bits per heavy atom. The van der Waals surface area contributed by atoms with E-state index in [1.54, 1.807) is 18.2 Å². The number of imide groups is 1. The summed E-state index contributed by atoms with van der Waals surface area (Å²) in [6.45, 7) is 5.87. The van der Waals surface area contributed by atoms with E-state index in [2.05, 4.69) is 13.8 Å². The first-order valence-corrected chi connectivity index (χ1v) is 8.82. The van der Waals surface area contributed by atoms with E-state index < -0.39 is 0 Å². The lowest BCUT2D eigenvalue weighted by Gasteiger charge is -2.37. The van der Waals surface area contributed by atoms with Gasteiger partial charge in [0, 0.05) is 30.7 Å². The number of hydrogen-bond acceptors (Lipinski definition) is 3. The summed E-state index contributed by atoms with van der Waals surface area (Å²) in [4.78, 5) is 28.6. The topological polar surface area (TPSA) is 40.6 Å². The minimum Gasteiger partial charge on any atom is -0.366 e. The highest BCUT2D eigenvalue weighted by molar-refractivity contribution is 6.41. The van der Waals surface area contributed by atoms with Gasteiger partial charge in [-0.05, 0) is 30.4 Å². The molecule has 4 nitrogen and oxygen atoms in total. The van der Waals surface area contributed by atoms with E-state index >= 15 is 0 Å². The molecule has 3 rings (SSSR count). The average Bonchev–Trinajstić information content (AvgIpc) is 2.71. The van der Waals surface area contributed by atoms with Crippen molar-refractivity contribution >= 4 is 40.6 Å². The molecule has 2 heterocycles. The summed E-state index contributed by atoms with van der Waals surface area (Å²) in [7, 11) is 1.51. The molecular formula is C18H20Cl2N2O2. The van der Waals surface area contributed by atoms with Crippen LogP contribution in [0.2, 0.25) is 10.0 Å². The lowest BCUT2D eigenvalue weighted by molar-refractivity contribution is -0.136. The molecule has 0 aromatic heterocycles. The SMILES string of the molecule is CC1CC(C)CN(C2=C(c3ccc(Cl)cc3Cl)C(=O)N(C)C2=O)C1. The molecule has 2 amide bonds. The molecule has 0 saturated carbocycles. The number of benzene rings is 1.